The third-order valence-electron chi connectivity index (χ3n) is 3.05. The minimum Gasteiger partial charge on any atom is -0.395 e. The molecule has 1 atom stereocenters. The van der Waals surface area contributed by atoms with E-state index in [1.54, 1.807) is 0 Å². The van der Waals surface area contributed by atoms with Crippen molar-refractivity contribution in [3.63, 3.8) is 0 Å². The Balaban J connectivity index is 2.14. The van der Waals surface area contributed by atoms with E-state index in [1.165, 1.54) is 6.07 Å². The molecule has 20 heavy (non-hydrogen) atoms. The molecule has 0 aliphatic carbocycles. The van der Waals surface area contributed by atoms with Crippen molar-refractivity contribution in [2.45, 2.75) is 19.5 Å². The van der Waals surface area contributed by atoms with E-state index in [2.05, 4.69) is 10.1 Å². The lowest BCUT2D eigenvalue weighted by atomic mass is 10.2. The lowest BCUT2D eigenvalue weighted by Crippen LogP contribution is -2.31. The third kappa shape index (κ3) is 3.17. The smallest absolute Gasteiger partial charge is 0.241 e. The summed E-state index contributed by atoms with van der Waals surface area (Å²) >= 11 is 0. The molecule has 2 rings (SSSR count). The zero-order valence-corrected chi connectivity index (χ0v) is 11.2. The Morgan fingerprint density at radius 2 is 2.10 bits per heavy atom. The van der Waals surface area contributed by atoms with E-state index in [4.69, 9.17) is 9.63 Å². The van der Waals surface area contributed by atoms with Gasteiger partial charge >= 0.3 is 0 Å². The van der Waals surface area contributed by atoms with Gasteiger partial charge in [-0.3, -0.25) is 4.90 Å². The predicted molar refractivity (Wildman–Crippen MR) is 67.7 cm³/mol. The highest BCUT2D eigenvalue weighted by Crippen LogP contribution is 2.19. The molecule has 0 amide bonds. The lowest BCUT2D eigenvalue weighted by molar-refractivity contribution is 0.142. The van der Waals surface area contributed by atoms with E-state index in [-0.39, 0.29) is 18.5 Å². The van der Waals surface area contributed by atoms with Crippen molar-refractivity contribution in [2.24, 2.45) is 0 Å². The number of hydrogen-bond donors (Lipinski definition) is 1. The van der Waals surface area contributed by atoms with E-state index in [1.807, 2.05) is 18.9 Å². The molecule has 1 N–H and O–H groups in total. The fourth-order valence-electron chi connectivity index (χ4n) is 1.58. The van der Waals surface area contributed by atoms with E-state index >= 15 is 0 Å². The number of halogens is 2. The van der Waals surface area contributed by atoms with Gasteiger partial charge in [0.05, 0.1) is 13.2 Å². The van der Waals surface area contributed by atoms with E-state index < -0.39 is 11.6 Å². The highest BCUT2D eigenvalue weighted by Gasteiger charge is 2.15. The zero-order valence-electron chi connectivity index (χ0n) is 11.2. The first kappa shape index (κ1) is 14.5. The number of aromatic nitrogens is 2. The molecule has 0 aliphatic rings. The van der Waals surface area contributed by atoms with E-state index in [0.717, 1.165) is 12.1 Å². The monoisotopic (exact) mass is 283 g/mol. The number of benzene rings is 1. The van der Waals surface area contributed by atoms with Crippen LogP contribution in [-0.4, -0.2) is 39.8 Å². The van der Waals surface area contributed by atoms with Gasteiger partial charge in [-0.15, -0.1) is 0 Å². The molecule has 0 spiro atoms. The number of aliphatic hydroxyl groups excluding tert-OH is 1. The molecule has 1 unspecified atom stereocenters. The number of hydrogen-bond acceptors (Lipinski definition) is 5. The Morgan fingerprint density at radius 1 is 1.35 bits per heavy atom. The third-order valence-corrected chi connectivity index (χ3v) is 3.05. The molecule has 1 aromatic heterocycles. The van der Waals surface area contributed by atoms with Crippen molar-refractivity contribution >= 4 is 0 Å². The molecular formula is C13H15F2N3O2. The van der Waals surface area contributed by atoms with Crippen LogP contribution in [0.3, 0.4) is 0 Å². The predicted octanol–water partition coefficient (Wildman–Crippen LogP) is 1.83. The van der Waals surface area contributed by atoms with Gasteiger partial charge in [-0.05, 0) is 32.2 Å². The van der Waals surface area contributed by atoms with Crippen LogP contribution in [0, 0.1) is 11.6 Å². The minimum atomic E-state index is -0.958. The first-order valence-electron chi connectivity index (χ1n) is 6.10. The van der Waals surface area contributed by atoms with Crippen LogP contribution in [0.5, 0.6) is 0 Å². The van der Waals surface area contributed by atoms with Gasteiger partial charge in [-0.2, -0.15) is 4.98 Å². The highest BCUT2D eigenvalue weighted by molar-refractivity contribution is 5.54. The molecule has 0 bridgehead atoms. The van der Waals surface area contributed by atoms with Crippen LogP contribution in [0.1, 0.15) is 12.8 Å². The van der Waals surface area contributed by atoms with Crippen LogP contribution < -0.4 is 0 Å². The Hall–Kier alpha value is -1.86. The summed E-state index contributed by atoms with van der Waals surface area (Å²) in [5.41, 5.74) is 0.344. The molecule has 0 saturated carbocycles. The molecule has 0 saturated heterocycles. The number of nitrogens with zero attached hydrogens (tertiary/aromatic N) is 3. The maximum atomic E-state index is 13.1. The van der Waals surface area contributed by atoms with Crippen molar-refractivity contribution in [3.8, 4) is 11.4 Å². The normalized spacial score (nSPS) is 12.9. The van der Waals surface area contributed by atoms with Crippen LogP contribution in [0.4, 0.5) is 8.78 Å². The van der Waals surface area contributed by atoms with Crippen molar-refractivity contribution in [1.82, 2.24) is 15.0 Å². The molecule has 2 aromatic rings. The van der Waals surface area contributed by atoms with Crippen LogP contribution in [-0.2, 0) is 6.54 Å². The summed E-state index contributed by atoms with van der Waals surface area (Å²) in [4.78, 5) is 5.95. The first-order valence-corrected chi connectivity index (χ1v) is 6.10. The second-order valence-corrected chi connectivity index (χ2v) is 4.59. The van der Waals surface area contributed by atoms with E-state index in [0.29, 0.717) is 18.0 Å². The van der Waals surface area contributed by atoms with Gasteiger partial charge in [0, 0.05) is 11.6 Å². The van der Waals surface area contributed by atoms with Gasteiger partial charge in [-0.25, -0.2) is 8.78 Å². The van der Waals surface area contributed by atoms with Crippen LogP contribution in [0.15, 0.2) is 22.7 Å². The van der Waals surface area contributed by atoms with Gasteiger partial charge < -0.3 is 9.63 Å². The van der Waals surface area contributed by atoms with Crippen molar-refractivity contribution < 1.29 is 18.4 Å². The Kier molecular flexibility index (Phi) is 4.41. The summed E-state index contributed by atoms with van der Waals surface area (Å²) in [6.07, 6.45) is 0. The summed E-state index contributed by atoms with van der Waals surface area (Å²) in [7, 11) is 1.81. The molecule has 108 valence electrons. The molecule has 5 nitrogen and oxygen atoms in total. The fourth-order valence-corrected chi connectivity index (χ4v) is 1.58. The maximum absolute atomic E-state index is 13.1. The highest BCUT2D eigenvalue weighted by atomic mass is 19.2. The van der Waals surface area contributed by atoms with Crippen LogP contribution in [0.2, 0.25) is 0 Å². The van der Waals surface area contributed by atoms with Gasteiger partial charge in [0.25, 0.3) is 0 Å². The van der Waals surface area contributed by atoms with E-state index in [9.17, 15) is 8.78 Å². The van der Waals surface area contributed by atoms with Gasteiger partial charge in [0.15, 0.2) is 11.6 Å². The standard InChI is InChI=1S/C13H15F2N3O2/c1-8(7-19)18(2)6-12-16-13(17-20-12)9-3-4-10(14)11(15)5-9/h3-5,8,19H,6-7H2,1-2H3. The van der Waals surface area contributed by atoms with Gasteiger partial charge in [-0.1, -0.05) is 5.16 Å². The Labute approximate surface area is 114 Å². The molecule has 1 aromatic carbocycles. The van der Waals surface area contributed by atoms with Crippen LogP contribution >= 0.6 is 0 Å². The quantitative estimate of drug-likeness (QED) is 0.907. The summed E-state index contributed by atoms with van der Waals surface area (Å²) in [6, 6.07) is 3.37. The SMILES string of the molecule is CC(CO)N(C)Cc1nc(-c2ccc(F)c(F)c2)no1. The molecule has 0 aliphatic heterocycles. The first-order chi connectivity index (χ1) is 9.51. The molecule has 0 radical (unpaired) electrons. The van der Waals surface area contributed by atoms with Gasteiger partial charge in [0.2, 0.25) is 11.7 Å². The second-order valence-electron chi connectivity index (χ2n) is 4.59. The maximum Gasteiger partial charge on any atom is 0.241 e. The molecular weight excluding hydrogens is 268 g/mol. The summed E-state index contributed by atoms with van der Waals surface area (Å²) in [5.74, 6) is -1.34. The van der Waals surface area contributed by atoms with Crippen LogP contribution in [0.25, 0.3) is 11.4 Å². The summed E-state index contributed by atoms with van der Waals surface area (Å²) in [6.45, 7) is 2.23. The lowest BCUT2D eigenvalue weighted by Gasteiger charge is -2.20. The number of likely N-dealkylation sites (N-methyl/N-ethyl adjacent to an activating group) is 1. The zero-order chi connectivity index (χ0) is 14.7. The number of aliphatic hydroxyl groups is 1. The summed E-state index contributed by atoms with van der Waals surface area (Å²) in [5, 5.41) is 12.8. The minimum absolute atomic E-state index is 0.0146. The van der Waals surface area contributed by atoms with Crippen molar-refractivity contribution in [1.29, 1.82) is 0 Å². The molecule has 1 heterocycles. The second kappa shape index (κ2) is 6.06. The van der Waals surface area contributed by atoms with Crippen molar-refractivity contribution in [2.75, 3.05) is 13.7 Å². The Bertz CT molecular complexity index is 589. The van der Waals surface area contributed by atoms with Gasteiger partial charge in [0.1, 0.15) is 0 Å². The Morgan fingerprint density at radius 3 is 2.75 bits per heavy atom. The average Bonchev–Trinajstić information content (AvgIpc) is 2.89. The average molecular weight is 283 g/mol. The fraction of sp³-hybridized carbons (Fsp3) is 0.385. The summed E-state index contributed by atoms with van der Waals surface area (Å²) < 4.78 is 31.0. The largest absolute Gasteiger partial charge is 0.395 e. The molecule has 7 heteroatoms. The van der Waals surface area contributed by atoms with Crippen molar-refractivity contribution in [3.05, 3.63) is 35.7 Å². The topological polar surface area (TPSA) is 62.4 Å². The number of rotatable bonds is 5. The molecule has 0 fully saturated rings.